The molecule has 0 saturated carbocycles. The van der Waals surface area contributed by atoms with E-state index in [0.29, 0.717) is 0 Å². The molecule has 0 aliphatic rings. The van der Waals surface area contributed by atoms with Gasteiger partial charge in [0.15, 0.2) is 5.12 Å². The summed E-state index contributed by atoms with van der Waals surface area (Å²) in [5.41, 5.74) is 1.83. The van der Waals surface area contributed by atoms with E-state index in [1.165, 1.54) is 30.8 Å². The van der Waals surface area contributed by atoms with Gasteiger partial charge in [-0.25, -0.2) is 4.79 Å². The van der Waals surface area contributed by atoms with Crippen LogP contribution in [0.25, 0.3) is 0 Å². The average Bonchev–Trinajstić information content (AvgIpc) is 2.46. The second-order valence-electron chi connectivity index (χ2n) is 4.25. The van der Waals surface area contributed by atoms with E-state index in [4.69, 9.17) is 5.11 Å². The fourth-order valence-corrected chi connectivity index (χ4v) is 2.22. The zero-order valence-corrected chi connectivity index (χ0v) is 12.1. The Morgan fingerprint density at radius 2 is 1.38 bits per heavy atom. The van der Waals surface area contributed by atoms with Crippen LogP contribution in [0.1, 0.15) is 28.4 Å². The van der Waals surface area contributed by atoms with E-state index in [0.717, 1.165) is 16.0 Å². The Bertz CT molecular complexity index is 719. The largest absolute Gasteiger partial charge is 0.478 e. The van der Waals surface area contributed by atoms with Crippen molar-refractivity contribution in [1.29, 1.82) is 0 Å². The lowest BCUT2D eigenvalue weighted by Gasteiger charge is -1.97. The molecule has 0 spiro atoms. The lowest BCUT2D eigenvalue weighted by molar-refractivity contribution is -0.109. The van der Waals surface area contributed by atoms with Gasteiger partial charge in [-0.1, -0.05) is 23.6 Å². The molecule has 0 radical (unpaired) electrons. The van der Waals surface area contributed by atoms with Crippen molar-refractivity contribution in [2.75, 3.05) is 0 Å². The molecule has 0 aliphatic heterocycles. The minimum atomic E-state index is -0.951. The van der Waals surface area contributed by atoms with Crippen LogP contribution in [0.4, 0.5) is 0 Å². The van der Waals surface area contributed by atoms with E-state index in [1.54, 1.807) is 12.1 Å². The second kappa shape index (κ2) is 6.78. The molecule has 1 N–H and O–H groups in total. The van der Waals surface area contributed by atoms with Crippen molar-refractivity contribution in [1.82, 2.24) is 0 Å². The molecular weight excluding hydrogens is 284 g/mol. The smallest absolute Gasteiger partial charge is 0.335 e. The molecule has 2 aromatic carbocycles. The highest BCUT2D eigenvalue weighted by molar-refractivity contribution is 8.13. The maximum Gasteiger partial charge on any atom is 0.335 e. The SMILES string of the molecule is CC(=O)Sc1ccc(C#Cc2ccc(C(=O)O)cc2)cc1. The lowest BCUT2D eigenvalue weighted by atomic mass is 10.1. The molecule has 0 bridgehead atoms. The van der Waals surface area contributed by atoms with Crippen molar-refractivity contribution in [2.24, 2.45) is 0 Å². The number of carbonyl (C=O) groups excluding carboxylic acids is 1. The standard InChI is InChI=1S/C17H12O3S/c1-12(18)21-16-10-6-14(7-11-16)3-2-13-4-8-15(9-5-13)17(19)20/h4-11H,1H3,(H,19,20). The maximum absolute atomic E-state index is 11.0. The van der Waals surface area contributed by atoms with Gasteiger partial charge in [0.2, 0.25) is 0 Å². The summed E-state index contributed by atoms with van der Waals surface area (Å²) in [6.07, 6.45) is 0. The second-order valence-corrected chi connectivity index (χ2v) is 5.50. The molecule has 0 amide bonds. The minimum absolute atomic E-state index is 0.0485. The molecule has 0 aromatic heterocycles. The summed E-state index contributed by atoms with van der Waals surface area (Å²) < 4.78 is 0. The maximum atomic E-state index is 11.0. The Morgan fingerprint density at radius 3 is 1.81 bits per heavy atom. The number of thioether (sulfide) groups is 1. The molecule has 2 rings (SSSR count). The number of benzene rings is 2. The van der Waals surface area contributed by atoms with Crippen LogP contribution >= 0.6 is 11.8 Å². The highest BCUT2D eigenvalue weighted by Crippen LogP contribution is 2.18. The highest BCUT2D eigenvalue weighted by atomic mass is 32.2. The van der Waals surface area contributed by atoms with Crippen molar-refractivity contribution >= 4 is 22.8 Å². The Morgan fingerprint density at radius 1 is 0.905 bits per heavy atom. The van der Waals surface area contributed by atoms with Crippen LogP contribution in [0.2, 0.25) is 0 Å². The first-order valence-corrected chi connectivity index (χ1v) is 7.00. The van der Waals surface area contributed by atoms with E-state index in [-0.39, 0.29) is 10.7 Å². The summed E-state index contributed by atoms with van der Waals surface area (Å²) in [7, 11) is 0. The molecule has 3 nitrogen and oxygen atoms in total. The molecular formula is C17H12O3S. The topological polar surface area (TPSA) is 54.4 Å². The molecule has 0 saturated heterocycles. The van der Waals surface area contributed by atoms with Gasteiger partial charge in [0.25, 0.3) is 0 Å². The predicted molar refractivity (Wildman–Crippen MR) is 82.4 cm³/mol. The number of rotatable bonds is 2. The minimum Gasteiger partial charge on any atom is -0.478 e. The molecule has 0 aliphatic carbocycles. The number of carbonyl (C=O) groups is 2. The summed E-state index contributed by atoms with van der Waals surface area (Å²) in [6.45, 7) is 1.53. The van der Waals surface area contributed by atoms with Crippen LogP contribution in [0.15, 0.2) is 53.4 Å². The Kier molecular flexibility index (Phi) is 4.81. The first-order valence-electron chi connectivity index (χ1n) is 6.18. The van der Waals surface area contributed by atoms with Crippen molar-refractivity contribution in [3.05, 3.63) is 65.2 Å². The van der Waals surface area contributed by atoms with E-state index in [9.17, 15) is 9.59 Å². The van der Waals surface area contributed by atoms with Gasteiger partial charge >= 0.3 is 5.97 Å². The Balaban J connectivity index is 2.11. The Hall–Kier alpha value is -2.51. The lowest BCUT2D eigenvalue weighted by Crippen LogP contribution is -1.94. The van der Waals surface area contributed by atoms with Gasteiger partial charge in [0.1, 0.15) is 0 Å². The van der Waals surface area contributed by atoms with E-state index in [2.05, 4.69) is 11.8 Å². The van der Waals surface area contributed by atoms with Crippen LogP contribution in [-0.2, 0) is 4.79 Å². The summed E-state index contributed by atoms with van der Waals surface area (Å²) in [4.78, 5) is 22.6. The molecule has 21 heavy (non-hydrogen) atoms. The molecule has 4 heteroatoms. The van der Waals surface area contributed by atoms with E-state index < -0.39 is 5.97 Å². The first-order chi connectivity index (χ1) is 10.0. The van der Waals surface area contributed by atoms with Gasteiger partial charge in [0, 0.05) is 22.9 Å². The third-order valence-corrected chi connectivity index (χ3v) is 3.39. The number of hydrogen-bond donors (Lipinski definition) is 1. The summed E-state index contributed by atoms with van der Waals surface area (Å²) in [5, 5.41) is 8.86. The number of aromatic carboxylic acids is 1. The monoisotopic (exact) mass is 296 g/mol. The fourth-order valence-electron chi connectivity index (χ4n) is 1.61. The van der Waals surface area contributed by atoms with Gasteiger partial charge in [-0.05, 0) is 48.5 Å². The van der Waals surface area contributed by atoms with Crippen molar-refractivity contribution in [3.63, 3.8) is 0 Å². The van der Waals surface area contributed by atoms with Crippen molar-refractivity contribution < 1.29 is 14.7 Å². The summed E-state index contributed by atoms with van der Waals surface area (Å²) in [5.74, 6) is 5.02. The highest BCUT2D eigenvalue weighted by Gasteiger charge is 2.00. The van der Waals surface area contributed by atoms with Crippen LogP contribution in [0.3, 0.4) is 0 Å². The molecule has 0 heterocycles. The average molecular weight is 296 g/mol. The van der Waals surface area contributed by atoms with Crippen LogP contribution in [0, 0.1) is 11.8 Å². The summed E-state index contributed by atoms with van der Waals surface area (Å²) in [6, 6.07) is 13.8. The number of hydrogen-bond acceptors (Lipinski definition) is 3. The molecule has 0 fully saturated rings. The zero-order chi connectivity index (χ0) is 15.2. The van der Waals surface area contributed by atoms with E-state index >= 15 is 0 Å². The first kappa shape index (κ1) is 14.9. The third-order valence-electron chi connectivity index (χ3n) is 2.60. The normalized spacial score (nSPS) is 9.57. The van der Waals surface area contributed by atoms with Crippen molar-refractivity contribution in [3.8, 4) is 11.8 Å². The zero-order valence-electron chi connectivity index (χ0n) is 11.3. The number of carboxylic acid groups (broad SMARTS) is 1. The van der Waals surface area contributed by atoms with Gasteiger partial charge < -0.3 is 5.11 Å². The van der Waals surface area contributed by atoms with Crippen molar-refractivity contribution in [2.45, 2.75) is 11.8 Å². The molecule has 0 atom stereocenters. The molecule has 2 aromatic rings. The number of carboxylic acids is 1. The fraction of sp³-hybridized carbons (Fsp3) is 0.0588. The van der Waals surface area contributed by atoms with Crippen LogP contribution in [0.5, 0.6) is 0 Å². The molecule has 104 valence electrons. The van der Waals surface area contributed by atoms with E-state index in [1.807, 2.05) is 24.3 Å². The third kappa shape index (κ3) is 4.51. The van der Waals surface area contributed by atoms with Gasteiger partial charge in [0.05, 0.1) is 5.56 Å². The summed E-state index contributed by atoms with van der Waals surface area (Å²) >= 11 is 1.18. The van der Waals surface area contributed by atoms with Gasteiger partial charge in [-0.3, -0.25) is 4.79 Å². The Labute approximate surface area is 127 Å². The van der Waals surface area contributed by atoms with Gasteiger partial charge in [-0.15, -0.1) is 0 Å². The quantitative estimate of drug-likeness (QED) is 0.681. The predicted octanol–water partition coefficient (Wildman–Crippen LogP) is 3.42. The van der Waals surface area contributed by atoms with Crippen LogP contribution in [-0.4, -0.2) is 16.2 Å². The molecule has 0 unspecified atom stereocenters. The van der Waals surface area contributed by atoms with Gasteiger partial charge in [-0.2, -0.15) is 0 Å². The van der Waals surface area contributed by atoms with Crippen LogP contribution < -0.4 is 0 Å².